The van der Waals surface area contributed by atoms with Gasteiger partial charge in [-0.2, -0.15) is 0 Å². The van der Waals surface area contributed by atoms with Gasteiger partial charge >= 0.3 is 0 Å². The summed E-state index contributed by atoms with van der Waals surface area (Å²) < 4.78 is 0. The van der Waals surface area contributed by atoms with E-state index in [9.17, 15) is 4.79 Å². The summed E-state index contributed by atoms with van der Waals surface area (Å²) >= 11 is 1.66. The Morgan fingerprint density at radius 3 is 2.86 bits per heavy atom. The molecule has 3 heterocycles. The van der Waals surface area contributed by atoms with Gasteiger partial charge in [-0.05, 0) is 0 Å². The molecule has 2 aromatic heterocycles. The summed E-state index contributed by atoms with van der Waals surface area (Å²) in [6, 6.07) is 12.1. The van der Waals surface area contributed by atoms with Gasteiger partial charge in [0.2, 0.25) is 5.91 Å². The van der Waals surface area contributed by atoms with Crippen LogP contribution in [-0.2, 0) is 11.2 Å². The maximum absolute atomic E-state index is 11.9. The summed E-state index contributed by atoms with van der Waals surface area (Å²) in [5.41, 5.74) is 2.21. The van der Waals surface area contributed by atoms with Crippen molar-refractivity contribution in [2.45, 2.75) is 6.42 Å². The number of carbonyl (C=O) groups excluding carboxylic acids is 1. The topological polar surface area (TPSA) is 74.2 Å². The van der Waals surface area contributed by atoms with E-state index >= 15 is 0 Å². The number of likely N-dealkylation sites (N-methyl/N-ethyl adjacent to an activating group) is 1. The predicted molar refractivity (Wildman–Crippen MR) is 112 cm³/mol. The highest BCUT2D eigenvalue weighted by atomic mass is 32.1. The van der Waals surface area contributed by atoms with E-state index in [0.29, 0.717) is 13.1 Å². The number of amides is 1. The fourth-order valence-corrected chi connectivity index (χ4v) is 3.88. The Bertz CT molecular complexity index is 945. The molecular weight excluding hydrogens is 372 g/mol. The summed E-state index contributed by atoms with van der Waals surface area (Å²) in [6.45, 7) is 2.57. The second-order valence-electron chi connectivity index (χ2n) is 6.69. The Kier molecular flexibility index (Phi) is 5.48. The van der Waals surface area contributed by atoms with Gasteiger partial charge in [-0.25, -0.2) is 15.0 Å². The van der Waals surface area contributed by atoms with Crippen LogP contribution < -0.4 is 10.2 Å². The normalized spacial score (nSPS) is 14.4. The summed E-state index contributed by atoms with van der Waals surface area (Å²) in [5.74, 6) is 1.64. The molecule has 0 aliphatic carbocycles. The zero-order valence-electron chi connectivity index (χ0n) is 15.7. The molecule has 144 valence electrons. The Labute approximate surface area is 168 Å². The quantitative estimate of drug-likeness (QED) is 0.693. The van der Waals surface area contributed by atoms with Crippen LogP contribution in [0.2, 0.25) is 0 Å². The molecule has 0 unspecified atom stereocenters. The van der Waals surface area contributed by atoms with Crippen molar-refractivity contribution in [3.05, 3.63) is 53.8 Å². The molecule has 0 atom stereocenters. The van der Waals surface area contributed by atoms with Gasteiger partial charge in [-0.3, -0.25) is 4.79 Å². The first-order chi connectivity index (χ1) is 13.7. The van der Waals surface area contributed by atoms with Crippen molar-refractivity contribution in [1.82, 2.24) is 19.9 Å². The van der Waals surface area contributed by atoms with Gasteiger partial charge in [0.25, 0.3) is 0 Å². The number of anilines is 2. The number of hydrogen-bond donors (Lipinski definition) is 1. The molecule has 28 heavy (non-hydrogen) atoms. The van der Waals surface area contributed by atoms with E-state index in [0.717, 1.165) is 47.4 Å². The molecule has 0 saturated carbocycles. The zero-order chi connectivity index (χ0) is 19.3. The number of thiazole rings is 1. The molecule has 3 aromatic rings. The average Bonchev–Trinajstić information content (AvgIpc) is 3.20. The largest absolute Gasteiger partial charge is 0.370 e. The van der Waals surface area contributed by atoms with Crippen LogP contribution in [0.25, 0.3) is 10.6 Å². The Hall–Kier alpha value is -3.00. The van der Waals surface area contributed by atoms with Crippen molar-refractivity contribution in [1.29, 1.82) is 0 Å². The number of nitrogens with zero attached hydrogens (tertiary/aromatic N) is 5. The second kappa shape index (κ2) is 8.35. The highest BCUT2D eigenvalue weighted by Crippen LogP contribution is 2.23. The molecule has 7 nitrogen and oxygen atoms in total. The minimum Gasteiger partial charge on any atom is -0.370 e. The maximum Gasteiger partial charge on any atom is 0.241 e. The fourth-order valence-electron chi connectivity index (χ4n) is 3.02. The summed E-state index contributed by atoms with van der Waals surface area (Å²) in [5, 5.41) is 6.48. The van der Waals surface area contributed by atoms with Gasteiger partial charge in [-0.1, -0.05) is 30.3 Å². The lowest BCUT2D eigenvalue weighted by Crippen LogP contribution is -2.48. The van der Waals surface area contributed by atoms with Crippen molar-refractivity contribution < 1.29 is 4.79 Å². The number of carbonyl (C=O) groups is 1. The minimum atomic E-state index is 0.108. The standard InChI is InChI=1S/C20H22N6OS/c1-25-9-10-26(12-19(25)27)18-11-17(22-14-23-18)21-8-7-16-13-28-20(24-16)15-5-3-2-4-6-15/h2-6,11,13-14H,7-10,12H2,1H3,(H,21,22,23). The number of piperazine rings is 1. The SMILES string of the molecule is CN1CCN(c2cc(NCCc3csc(-c4ccccc4)n3)ncn2)CC1=O. The van der Waals surface area contributed by atoms with Crippen LogP contribution in [0.1, 0.15) is 5.69 Å². The number of nitrogens with one attached hydrogen (secondary N) is 1. The van der Waals surface area contributed by atoms with E-state index in [1.54, 1.807) is 16.2 Å². The molecule has 1 aliphatic rings. The molecular formula is C20H22N6OS. The summed E-state index contributed by atoms with van der Waals surface area (Å²) in [4.78, 5) is 29.0. The van der Waals surface area contributed by atoms with Crippen LogP contribution >= 0.6 is 11.3 Å². The van der Waals surface area contributed by atoms with Gasteiger partial charge in [0.1, 0.15) is 23.0 Å². The van der Waals surface area contributed by atoms with Crippen LogP contribution in [0, 0.1) is 0 Å². The number of aromatic nitrogens is 3. The lowest BCUT2D eigenvalue weighted by Gasteiger charge is -2.32. The number of rotatable bonds is 6. The molecule has 8 heteroatoms. The molecule has 1 N–H and O–H groups in total. The van der Waals surface area contributed by atoms with E-state index in [2.05, 4.69) is 32.8 Å². The smallest absolute Gasteiger partial charge is 0.241 e. The van der Waals surface area contributed by atoms with Gasteiger partial charge in [-0.15, -0.1) is 11.3 Å². The van der Waals surface area contributed by atoms with Crippen molar-refractivity contribution in [3.63, 3.8) is 0 Å². The lowest BCUT2D eigenvalue weighted by molar-refractivity contribution is -0.129. The van der Waals surface area contributed by atoms with Crippen molar-refractivity contribution in [2.75, 3.05) is 43.4 Å². The third-order valence-electron chi connectivity index (χ3n) is 4.69. The average molecular weight is 395 g/mol. The van der Waals surface area contributed by atoms with Crippen LogP contribution in [0.3, 0.4) is 0 Å². The molecule has 1 aliphatic heterocycles. The van der Waals surface area contributed by atoms with E-state index in [1.807, 2.05) is 36.2 Å². The molecule has 1 fully saturated rings. The summed E-state index contributed by atoms with van der Waals surface area (Å²) in [6.07, 6.45) is 2.35. The van der Waals surface area contributed by atoms with Crippen LogP contribution in [0.15, 0.2) is 48.1 Å². The maximum atomic E-state index is 11.9. The first-order valence-corrected chi connectivity index (χ1v) is 10.1. The highest BCUT2D eigenvalue weighted by Gasteiger charge is 2.22. The summed E-state index contributed by atoms with van der Waals surface area (Å²) in [7, 11) is 1.83. The molecule has 4 rings (SSSR count). The minimum absolute atomic E-state index is 0.108. The van der Waals surface area contributed by atoms with Gasteiger partial charge < -0.3 is 15.1 Å². The van der Waals surface area contributed by atoms with Crippen LogP contribution in [0.5, 0.6) is 0 Å². The van der Waals surface area contributed by atoms with E-state index in [1.165, 1.54) is 6.33 Å². The molecule has 0 spiro atoms. The van der Waals surface area contributed by atoms with Gasteiger partial charge in [0, 0.05) is 50.1 Å². The lowest BCUT2D eigenvalue weighted by atomic mass is 10.2. The molecule has 1 aromatic carbocycles. The predicted octanol–water partition coefficient (Wildman–Crippen LogP) is 2.53. The third kappa shape index (κ3) is 4.28. The molecule has 0 bridgehead atoms. The Balaban J connectivity index is 1.33. The Morgan fingerprint density at radius 1 is 1.18 bits per heavy atom. The molecule has 0 radical (unpaired) electrons. The van der Waals surface area contributed by atoms with Crippen molar-refractivity contribution in [3.8, 4) is 10.6 Å². The molecule has 1 saturated heterocycles. The first kappa shape index (κ1) is 18.4. The van der Waals surface area contributed by atoms with Crippen LogP contribution in [-0.4, -0.2) is 59.0 Å². The van der Waals surface area contributed by atoms with Crippen LogP contribution in [0.4, 0.5) is 11.6 Å². The van der Waals surface area contributed by atoms with E-state index in [4.69, 9.17) is 4.98 Å². The monoisotopic (exact) mass is 394 g/mol. The highest BCUT2D eigenvalue weighted by molar-refractivity contribution is 7.13. The third-order valence-corrected chi connectivity index (χ3v) is 5.63. The first-order valence-electron chi connectivity index (χ1n) is 9.24. The van der Waals surface area contributed by atoms with Crippen molar-refractivity contribution >= 4 is 28.9 Å². The second-order valence-corrected chi connectivity index (χ2v) is 7.54. The van der Waals surface area contributed by atoms with Gasteiger partial charge in [0.05, 0.1) is 12.2 Å². The fraction of sp³-hybridized carbons (Fsp3) is 0.300. The number of hydrogen-bond acceptors (Lipinski definition) is 7. The van der Waals surface area contributed by atoms with E-state index in [-0.39, 0.29) is 5.91 Å². The zero-order valence-corrected chi connectivity index (χ0v) is 16.5. The van der Waals surface area contributed by atoms with Crippen molar-refractivity contribution in [2.24, 2.45) is 0 Å². The van der Waals surface area contributed by atoms with Gasteiger partial charge in [0.15, 0.2) is 0 Å². The molecule has 1 amide bonds. The number of benzene rings is 1. The van der Waals surface area contributed by atoms with E-state index < -0.39 is 0 Å². The Morgan fingerprint density at radius 2 is 2.04 bits per heavy atom.